The van der Waals surface area contributed by atoms with E-state index in [-0.39, 0.29) is 18.0 Å². The molecule has 1 saturated heterocycles. The zero-order valence-electron chi connectivity index (χ0n) is 10.5. The molecule has 0 spiro atoms. The van der Waals surface area contributed by atoms with Gasteiger partial charge in [-0.15, -0.1) is 0 Å². The molecule has 0 unspecified atom stereocenters. The minimum atomic E-state index is -0.443. The van der Waals surface area contributed by atoms with Crippen LogP contribution in [0, 0.1) is 16.0 Å². The van der Waals surface area contributed by atoms with Crippen molar-refractivity contribution in [3.05, 3.63) is 39.9 Å². The van der Waals surface area contributed by atoms with Crippen LogP contribution in [0.2, 0.25) is 0 Å². The molecule has 5 nitrogen and oxygen atoms in total. The maximum atomic E-state index is 11.7. The maximum Gasteiger partial charge on any atom is 0.269 e. The molecule has 0 aliphatic carbocycles. The van der Waals surface area contributed by atoms with Crippen LogP contribution in [-0.4, -0.2) is 28.9 Å². The van der Waals surface area contributed by atoms with Crippen molar-refractivity contribution in [1.82, 2.24) is 5.32 Å². The van der Waals surface area contributed by atoms with Gasteiger partial charge < -0.3 is 5.32 Å². The Kier molecular flexibility index (Phi) is 4.79. The summed E-state index contributed by atoms with van der Waals surface area (Å²) >= 11 is 1.93. The van der Waals surface area contributed by atoms with Gasteiger partial charge >= 0.3 is 0 Å². The fourth-order valence-corrected chi connectivity index (χ4v) is 3.27. The summed E-state index contributed by atoms with van der Waals surface area (Å²) < 4.78 is 0. The lowest BCUT2D eigenvalue weighted by Crippen LogP contribution is -2.30. The van der Waals surface area contributed by atoms with Crippen molar-refractivity contribution in [2.24, 2.45) is 5.92 Å². The highest BCUT2D eigenvalue weighted by molar-refractivity contribution is 7.99. The first kappa shape index (κ1) is 13.9. The summed E-state index contributed by atoms with van der Waals surface area (Å²) in [6.07, 6.45) is 1.44. The molecule has 1 aromatic rings. The fourth-order valence-electron chi connectivity index (χ4n) is 1.99. The zero-order valence-corrected chi connectivity index (χ0v) is 11.3. The molecule has 1 amide bonds. The van der Waals surface area contributed by atoms with Crippen molar-refractivity contribution >= 4 is 23.4 Å². The van der Waals surface area contributed by atoms with Crippen molar-refractivity contribution in [2.45, 2.75) is 12.8 Å². The molecule has 1 atom stereocenters. The van der Waals surface area contributed by atoms with Crippen LogP contribution < -0.4 is 5.32 Å². The third kappa shape index (κ3) is 4.24. The first-order valence-corrected chi connectivity index (χ1v) is 7.38. The van der Waals surface area contributed by atoms with Crippen molar-refractivity contribution in [3.8, 4) is 0 Å². The van der Waals surface area contributed by atoms with Crippen LogP contribution in [0.4, 0.5) is 5.69 Å². The summed E-state index contributed by atoms with van der Waals surface area (Å²) in [7, 11) is 0. The molecule has 1 aromatic carbocycles. The van der Waals surface area contributed by atoms with E-state index < -0.39 is 4.92 Å². The number of nitro groups is 1. The number of rotatable bonds is 5. The minimum Gasteiger partial charge on any atom is -0.356 e. The Morgan fingerprint density at radius 1 is 1.42 bits per heavy atom. The van der Waals surface area contributed by atoms with E-state index in [1.807, 2.05) is 11.8 Å². The van der Waals surface area contributed by atoms with E-state index in [0.717, 1.165) is 17.9 Å². The lowest BCUT2D eigenvalue weighted by atomic mass is 10.1. The number of amides is 1. The standard InChI is InChI=1S/C13H16N2O3S/c16-13(14-8-11-5-6-19-9-11)7-10-1-3-12(4-2-10)15(17)18/h1-4,11H,5-9H2,(H,14,16)/t11-/m0/s1. The van der Waals surface area contributed by atoms with Crippen LogP contribution in [0.1, 0.15) is 12.0 Å². The number of hydrogen-bond acceptors (Lipinski definition) is 4. The molecule has 0 saturated carbocycles. The molecular weight excluding hydrogens is 264 g/mol. The smallest absolute Gasteiger partial charge is 0.269 e. The number of carbonyl (C=O) groups is 1. The number of non-ortho nitro benzene ring substituents is 1. The normalized spacial score (nSPS) is 18.2. The van der Waals surface area contributed by atoms with Gasteiger partial charge in [0.15, 0.2) is 0 Å². The highest BCUT2D eigenvalue weighted by atomic mass is 32.2. The van der Waals surface area contributed by atoms with Gasteiger partial charge in [-0.05, 0) is 29.4 Å². The van der Waals surface area contributed by atoms with Gasteiger partial charge in [0.2, 0.25) is 5.91 Å². The maximum absolute atomic E-state index is 11.7. The van der Waals surface area contributed by atoms with Crippen LogP contribution in [-0.2, 0) is 11.2 Å². The Morgan fingerprint density at radius 3 is 2.74 bits per heavy atom. The summed E-state index contributed by atoms with van der Waals surface area (Å²) in [6.45, 7) is 0.735. The van der Waals surface area contributed by atoms with Gasteiger partial charge in [-0.3, -0.25) is 14.9 Å². The first-order chi connectivity index (χ1) is 9.15. The molecule has 0 bridgehead atoms. The van der Waals surface area contributed by atoms with Gasteiger partial charge in [0.05, 0.1) is 11.3 Å². The molecule has 1 aliphatic heterocycles. The highest BCUT2D eigenvalue weighted by Crippen LogP contribution is 2.22. The van der Waals surface area contributed by atoms with E-state index >= 15 is 0 Å². The molecule has 2 rings (SSSR count). The van der Waals surface area contributed by atoms with E-state index in [2.05, 4.69) is 5.32 Å². The van der Waals surface area contributed by atoms with Gasteiger partial charge in [0.25, 0.3) is 5.69 Å². The second-order valence-electron chi connectivity index (χ2n) is 4.63. The average Bonchev–Trinajstić information content (AvgIpc) is 2.90. The summed E-state index contributed by atoms with van der Waals surface area (Å²) in [5.41, 5.74) is 0.844. The fraction of sp³-hybridized carbons (Fsp3) is 0.462. The lowest BCUT2D eigenvalue weighted by Gasteiger charge is -2.09. The quantitative estimate of drug-likeness (QED) is 0.661. The molecule has 1 fully saturated rings. The van der Waals surface area contributed by atoms with Crippen LogP contribution in [0.5, 0.6) is 0 Å². The van der Waals surface area contributed by atoms with E-state index in [9.17, 15) is 14.9 Å². The molecule has 1 heterocycles. The monoisotopic (exact) mass is 280 g/mol. The summed E-state index contributed by atoms with van der Waals surface area (Å²) in [4.78, 5) is 21.8. The van der Waals surface area contributed by atoms with Gasteiger partial charge in [-0.1, -0.05) is 12.1 Å². The van der Waals surface area contributed by atoms with Crippen LogP contribution in [0.3, 0.4) is 0 Å². The first-order valence-electron chi connectivity index (χ1n) is 6.23. The predicted molar refractivity (Wildman–Crippen MR) is 75.2 cm³/mol. The molecule has 102 valence electrons. The summed E-state index contributed by atoms with van der Waals surface area (Å²) in [5.74, 6) is 2.87. The molecular formula is C13H16N2O3S. The number of thioether (sulfide) groups is 1. The molecule has 0 radical (unpaired) electrons. The Balaban J connectivity index is 1.79. The third-order valence-electron chi connectivity index (χ3n) is 3.12. The molecule has 1 N–H and O–H groups in total. The SMILES string of the molecule is O=C(Cc1ccc([N+](=O)[O-])cc1)NC[C@@H]1CCSC1. The average molecular weight is 280 g/mol. The summed E-state index contributed by atoms with van der Waals surface area (Å²) in [6, 6.07) is 6.11. The van der Waals surface area contributed by atoms with Gasteiger partial charge in [-0.25, -0.2) is 0 Å². The highest BCUT2D eigenvalue weighted by Gasteiger charge is 2.16. The molecule has 19 heavy (non-hydrogen) atoms. The second-order valence-corrected chi connectivity index (χ2v) is 5.78. The Labute approximate surface area is 115 Å². The van der Waals surface area contributed by atoms with Crippen LogP contribution >= 0.6 is 11.8 Å². The van der Waals surface area contributed by atoms with Gasteiger partial charge in [-0.2, -0.15) is 11.8 Å². The number of nitrogens with one attached hydrogen (secondary N) is 1. The van der Waals surface area contributed by atoms with E-state index in [1.54, 1.807) is 12.1 Å². The number of nitrogens with zero attached hydrogens (tertiary/aromatic N) is 1. The second kappa shape index (κ2) is 6.56. The van der Waals surface area contributed by atoms with E-state index in [0.29, 0.717) is 5.92 Å². The van der Waals surface area contributed by atoms with Crippen molar-refractivity contribution < 1.29 is 9.72 Å². The van der Waals surface area contributed by atoms with E-state index in [1.165, 1.54) is 24.3 Å². The zero-order chi connectivity index (χ0) is 13.7. The Bertz CT molecular complexity index is 455. The number of nitro benzene ring substituents is 1. The minimum absolute atomic E-state index is 0.0225. The summed E-state index contributed by atoms with van der Waals surface area (Å²) in [5, 5.41) is 13.4. The van der Waals surface area contributed by atoms with Crippen LogP contribution in [0.15, 0.2) is 24.3 Å². The topological polar surface area (TPSA) is 72.2 Å². The van der Waals surface area contributed by atoms with Gasteiger partial charge in [0, 0.05) is 18.7 Å². The Morgan fingerprint density at radius 2 is 2.16 bits per heavy atom. The van der Waals surface area contributed by atoms with Crippen molar-refractivity contribution in [1.29, 1.82) is 0 Å². The van der Waals surface area contributed by atoms with Crippen molar-refractivity contribution in [2.75, 3.05) is 18.1 Å². The molecule has 1 aliphatic rings. The molecule has 0 aromatic heterocycles. The van der Waals surface area contributed by atoms with Gasteiger partial charge in [0.1, 0.15) is 0 Å². The molecule has 6 heteroatoms. The number of carbonyl (C=O) groups excluding carboxylic acids is 1. The van der Waals surface area contributed by atoms with Crippen molar-refractivity contribution in [3.63, 3.8) is 0 Å². The number of benzene rings is 1. The Hall–Kier alpha value is -1.56. The largest absolute Gasteiger partial charge is 0.356 e. The predicted octanol–water partition coefficient (Wildman–Crippen LogP) is 2.01. The third-order valence-corrected chi connectivity index (χ3v) is 4.36. The van der Waals surface area contributed by atoms with Crippen LogP contribution in [0.25, 0.3) is 0 Å². The van der Waals surface area contributed by atoms with E-state index in [4.69, 9.17) is 0 Å². The number of hydrogen-bond donors (Lipinski definition) is 1. The lowest BCUT2D eigenvalue weighted by molar-refractivity contribution is -0.384.